The standard InChI is InChI=1S/3HI.Pb/h3*1H;/q;;;+3/p-3. The van der Waals surface area contributed by atoms with Gasteiger partial charge in [-0.15, -0.1) is 0 Å². The van der Waals surface area contributed by atoms with Crippen molar-refractivity contribution in [2.45, 2.75) is 0 Å². The fraction of sp³-hybridized carbons (Fsp3) is 0. The number of hydrogen-bond donors (Lipinski definition) is 0. The monoisotopic (exact) mass is 589 g/mol. The Morgan fingerprint density at radius 2 is 1.00 bits per heavy atom. The fourth-order valence-electron chi connectivity index (χ4n) is 0. The van der Waals surface area contributed by atoms with Crippen LogP contribution in [0.15, 0.2) is 0 Å². The molecule has 0 aromatic heterocycles. The Bertz CT molecular complexity index is 8.00. The third-order valence-electron chi connectivity index (χ3n) is 0. The molecule has 0 fully saturated rings. The Kier molecular flexibility index (Phi) is 7.60. The van der Waals surface area contributed by atoms with E-state index in [0.29, 0.717) is 0 Å². The SMILES string of the molecule is [I][Pb]([I])[I]. The Balaban J connectivity index is 2.32. The molecule has 0 heterocycles. The molecule has 1 radical (unpaired) electrons. The summed E-state index contributed by atoms with van der Waals surface area (Å²) in [6.07, 6.45) is 0. The second-order valence-electron chi connectivity index (χ2n) is 0.214. The Morgan fingerprint density at radius 1 is 1.00 bits per heavy atom. The van der Waals surface area contributed by atoms with Crippen LogP contribution in [0, 0.1) is 0 Å². The van der Waals surface area contributed by atoms with Crippen molar-refractivity contribution in [1.29, 1.82) is 0 Å². The van der Waals surface area contributed by atoms with Gasteiger partial charge in [-0.25, -0.2) is 0 Å². The van der Waals surface area contributed by atoms with Crippen molar-refractivity contribution >= 4 is 63.1 Å². The van der Waals surface area contributed by atoms with E-state index < -0.39 is 9.82 Å². The molecule has 0 spiro atoms. The van der Waals surface area contributed by atoms with Crippen molar-refractivity contribution in [2.75, 3.05) is 0 Å². The summed E-state index contributed by atoms with van der Waals surface area (Å²) in [5.74, 6) is 0. The zero-order valence-corrected chi connectivity index (χ0v) is 12.0. The molecule has 0 aliphatic rings. The fourth-order valence-corrected chi connectivity index (χ4v) is 0. The predicted octanol–water partition coefficient (Wildman–Crippen LogP) is 2.28. The van der Waals surface area contributed by atoms with Crippen molar-refractivity contribution in [3.05, 3.63) is 0 Å². The molecule has 0 nitrogen and oxygen atoms in total. The number of rotatable bonds is 0. The maximum absolute atomic E-state index is 2.53. The van der Waals surface area contributed by atoms with Gasteiger partial charge in [0.2, 0.25) is 0 Å². The molecule has 0 atom stereocenters. The molecule has 0 aromatic carbocycles. The molecule has 0 unspecified atom stereocenters. The van der Waals surface area contributed by atoms with Crippen molar-refractivity contribution in [2.24, 2.45) is 0 Å². The van der Waals surface area contributed by atoms with Gasteiger partial charge in [0.15, 0.2) is 0 Å². The summed E-state index contributed by atoms with van der Waals surface area (Å²) in [6.45, 7) is 0. The van der Waals surface area contributed by atoms with Crippen LogP contribution in [-0.4, -0.2) is 9.82 Å². The molecular weight excluding hydrogens is 588 g/mol. The number of halogens is 3. The molecule has 4 heavy (non-hydrogen) atoms. The first-order chi connectivity index (χ1) is 1.73. The van der Waals surface area contributed by atoms with Crippen LogP contribution in [0.5, 0.6) is 0 Å². The minimum absolute atomic E-state index is 0.747. The molecule has 25 valence electrons. The van der Waals surface area contributed by atoms with Gasteiger partial charge < -0.3 is 0 Å². The summed E-state index contributed by atoms with van der Waals surface area (Å²) < 4.78 is 0. The second kappa shape index (κ2) is 4.28. The third-order valence-corrected chi connectivity index (χ3v) is 0. The van der Waals surface area contributed by atoms with Crippen molar-refractivity contribution in [3.8, 4) is 0 Å². The van der Waals surface area contributed by atoms with Gasteiger partial charge in [-0.1, -0.05) is 0 Å². The maximum atomic E-state index is 2.53. The van der Waals surface area contributed by atoms with E-state index in [9.17, 15) is 0 Å². The molecule has 0 bridgehead atoms. The van der Waals surface area contributed by atoms with Crippen LogP contribution in [0.2, 0.25) is 0 Å². The molecule has 0 saturated heterocycles. The van der Waals surface area contributed by atoms with E-state index >= 15 is 0 Å². The predicted molar refractivity (Wildman–Crippen MR) is 47.8 cm³/mol. The van der Waals surface area contributed by atoms with Gasteiger partial charge in [-0.2, -0.15) is 0 Å². The van der Waals surface area contributed by atoms with E-state index in [1.165, 1.54) is 0 Å². The van der Waals surface area contributed by atoms with E-state index in [-0.39, 0.29) is 0 Å². The van der Waals surface area contributed by atoms with Crippen LogP contribution in [0.25, 0.3) is 0 Å². The van der Waals surface area contributed by atoms with Gasteiger partial charge in [-0.3, -0.25) is 0 Å². The molecule has 0 amide bonds. The third kappa shape index (κ3) is 8.93. The second-order valence-corrected chi connectivity index (χ2v) is 84.6. The average molecular weight is 588 g/mol. The van der Waals surface area contributed by atoms with Crippen LogP contribution in [0.3, 0.4) is 0 Å². The van der Waals surface area contributed by atoms with E-state index in [0.717, 1.165) is 0 Å². The van der Waals surface area contributed by atoms with E-state index in [1.54, 1.807) is 0 Å². The molecule has 0 saturated carbocycles. The molecule has 0 N–H and O–H groups in total. The van der Waals surface area contributed by atoms with Crippen molar-refractivity contribution in [3.63, 3.8) is 0 Å². The van der Waals surface area contributed by atoms with Gasteiger partial charge in [-0.05, 0) is 0 Å². The average Bonchev–Trinajstić information content (AvgIpc) is 0.811. The van der Waals surface area contributed by atoms with Gasteiger partial charge in [0.25, 0.3) is 0 Å². The summed E-state index contributed by atoms with van der Waals surface area (Å²) in [5.41, 5.74) is 0. The van der Waals surface area contributed by atoms with Crippen LogP contribution < -0.4 is 0 Å². The van der Waals surface area contributed by atoms with Gasteiger partial charge in [0, 0.05) is 0 Å². The topological polar surface area (TPSA) is 0 Å². The minimum atomic E-state index is -0.747. The normalized spacial score (nSPS) is 9.00. The van der Waals surface area contributed by atoms with Crippen LogP contribution in [-0.2, 0) is 0 Å². The molecule has 4 heteroatoms. The van der Waals surface area contributed by atoms with Gasteiger partial charge in [0.1, 0.15) is 0 Å². The van der Waals surface area contributed by atoms with Gasteiger partial charge >= 0.3 is 63.1 Å². The first-order valence-corrected chi connectivity index (χ1v) is 33.4. The zero-order valence-electron chi connectivity index (χ0n) is 1.63. The molecule has 0 rings (SSSR count). The Labute approximate surface area is 61.0 Å². The number of hydrogen-bond acceptors (Lipinski definition) is 0. The van der Waals surface area contributed by atoms with Crippen LogP contribution in [0.1, 0.15) is 0 Å². The Morgan fingerprint density at radius 3 is 1.00 bits per heavy atom. The van der Waals surface area contributed by atoms with Crippen molar-refractivity contribution < 1.29 is 0 Å². The first-order valence-electron chi connectivity index (χ1n) is 0.567. The summed E-state index contributed by atoms with van der Waals surface area (Å²) >= 11 is 7.59. The van der Waals surface area contributed by atoms with Crippen molar-refractivity contribution in [1.82, 2.24) is 0 Å². The summed E-state index contributed by atoms with van der Waals surface area (Å²) in [7, 11) is -0.747. The summed E-state index contributed by atoms with van der Waals surface area (Å²) in [4.78, 5) is 0. The van der Waals surface area contributed by atoms with E-state index in [1.807, 2.05) is 0 Å². The summed E-state index contributed by atoms with van der Waals surface area (Å²) in [5, 5.41) is 0. The molecule has 0 aliphatic carbocycles. The van der Waals surface area contributed by atoms with Gasteiger partial charge in [0.05, 0.1) is 0 Å². The van der Waals surface area contributed by atoms with E-state index in [2.05, 4.69) is 53.3 Å². The first kappa shape index (κ1) is 7.11. The zero-order chi connectivity index (χ0) is 3.58. The molecular formula is I3Pb. The van der Waals surface area contributed by atoms with Crippen LogP contribution >= 0.6 is 53.3 Å². The summed E-state index contributed by atoms with van der Waals surface area (Å²) in [6, 6.07) is 0. The quantitative estimate of drug-likeness (QED) is 0.302. The van der Waals surface area contributed by atoms with E-state index in [4.69, 9.17) is 0 Å². The molecule has 0 aromatic rings. The Hall–Kier alpha value is 3.11. The molecule has 0 aliphatic heterocycles. The van der Waals surface area contributed by atoms with Crippen LogP contribution in [0.4, 0.5) is 0 Å².